The van der Waals surface area contributed by atoms with Crippen LogP contribution in [0.25, 0.3) is 0 Å². The summed E-state index contributed by atoms with van der Waals surface area (Å²) in [5.41, 5.74) is 1.53. The first-order valence-corrected chi connectivity index (χ1v) is 6.33. The quantitative estimate of drug-likeness (QED) is 0.685. The Hall–Kier alpha value is -0.830. The average Bonchev–Trinajstić information content (AvgIpc) is 2.50. The Balaban J connectivity index is 1.72. The highest BCUT2D eigenvalue weighted by Gasteiger charge is 2.29. The number of likely N-dealkylation sites (tertiary alicyclic amines) is 1. The molecule has 0 radical (unpaired) electrons. The van der Waals surface area contributed by atoms with Gasteiger partial charge in [0.25, 0.3) is 0 Å². The van der Waals surface area contributed by atoms with Gasteiger partial charge in [-0.05, 0) is 25.2 Å². The van der Waals surface area contributed by atoms with E-state index in [0.29, 0.717) is 18.2 Å². The van der Waals surface area contributed by atoms with Crippen LogP contribution < -0.4 is 0 Å². The van der Waals surface area contributed by atoms with Gasteiger partial charge in [-0.1, -0.05) is 18.6 Å². The second-order valence-electron chi connectivity index (χ2n) is 4.74. The van der Waals surface area contributed by atoms with Crippen LogP contribution in [-0.2, 0) is 9.53 Å². The van der Waals surface area contributed by atoms with Gasteiger partial charge >= 0.3 is 0 Å². The van der Waals surface area contributed by atoms with Gasteiger partial charge in [-0.25, -0.2) is 0 Å². The molecule has 0 N–H and O–H groups in total. The van der Waals surface area contributed by atoms with E-state index in [0.717, 1.165) is 45.6 Å². The molecule has 0 bridgehead atoms. The zero-order valence-corrected chi connectivity index (χ0v) is 10.1. The van der Waals surface area contributed by atoms with Gasteiger partial charge < -0.3 is 9.64 Å². The second-order valence-corrected chi connectivity index (χ2v) is 4.74. The van der Waals surface area contributed by atoms with Gasteiger partial charge in [-0.3, -0.25) is 4.79 Å². The summed E-state index contributed by atoms with van der Waals surface area (Å²) in [5.74, 6) is 0.995. The van der Waals surface area contributed by atoms with Crippen molar-refractivity contribution in [3.63, 3.8) is 0 Å². The molecule has 0 saturated carbocycles. The highest BCUT2D eigenvalue weighted by molar-refractivity contribution is 5.76. The van der Waals surface area contributed by atoms with E-state index in [2.05, 4.69) is 6.08 Å². The number of amides is 1. The predicted octanol–water partition coefficient (Wildman–Crippen LogP) is 1.98. The SMILES string of the molecule is CCC(=O)N1CC(CC2=CCCOCC2)C1. The summed E-state index contributed by atoms with van der Waals surface area (Å²) >= 11 is 0. The monoisotopic (exact) mass is 223 g/mol. The van der Waals surface area contributed by atoms with E-state index < -0.39 is 0 Å². The van der Waals surface area contributed by atoms with Crippen molar-refractivity contribution in [3.05, 3.63) is 11.6 Å². The number of ether oxygens (including phenoxy) is 1. The Morgan fingerprint density at radius 1 is 1.50 bits per heavy atom. The third-order valence-electron chi connectivity index (χ3n) is 3.43. The molecule has 2 aliphatic rings. The summed E-state index contributed by atoms with van der Waals surface area (Å²) in [6, 6.07) is 0. The third-order valence-corrected chi connectivity index (χ3v) is 3.43. The summed E-state index contributed by atoms with van der Waals surface area (Å²) in [5, 5.41) is 0. The zero-order chi connectivity index (χ0) is 11.4. The van der Waals surface area contributed by atoms with Crippen molar-refractivity contribution in [2.75, 3.05) is 26.3 Å². The van der Waals surface area contributed by atoms with Crippen molar-refractivity contribution in [2.24, 2.45) is 5.92 Å². The number of carbonyl (C=O) groups is 1. The number of rotatable bonds is 3. The molecule has 0 aromatic heterocycles. The van der Waals surface area contributed by atoms with E-state index in [4.69, 9.17) is 4.74 Å². The molecule has 2 heterocycles. The Kier molecular flexibility index (Phi) is 3.99. The van der Waals surface area contributed by atoms with Crippen LogP contribution in [0.4, 0.5) is 0 Å². The van der Waals surface area contributed by atoms with Gasteiger partial charge in [0.2, 0.25) is 5.91 Å². The first kappa shape index (κ1) is 11.6. The molecule has 1 fully saturated rings. The van der Waals surface area contributed by atoms with Gasteiger partial charge in [0.05, 0.1) is 13.2 Å². The first-order valence-electron chi connectivity index (χ1n) is 6.33. The maximum atomic E-state index is 11.4. The van der Waals surface area contributed by atoms with Crippen molar-refractivity contribution in [2.45, 2.75) is 32.6 Å². The molecule has 0 spiro atoms. The van der Waals surface area contributed by atoms with Crippen molar-refractivity contribution >= 4 is 5.91 Å². The molecule has 0 aliphatic carbocycles. The van der Waals surface area contributed by atoms with Gasteiger partial charge in [0.15, 0.2) is 0 Å². The van der Waals surface area contributed by atoms with Crippen LogP contribution in [-0.4, -0.2) is 37.1 Å². The summed E-state index contributed by atoms with van der Waals surface area (Å²) in [6.45, 7) is 5.60. The highest BCUT2D eigenvalue weighted by atomic mass is 16.5. The largest absolute Gasteiger partial charge is 0.381 e. The van der Waals surface area contributed by atoms with Crippen LogP contribution >= 0.6 is 0 Å². The molecular formula is C13H21NO2. The standard InChI is InChI=1S/C13H21NO2/c1-2-13(15)14-9-12(10-14)8-11-4-3-6-16-7-5-11/h4,12H,2-3,5-10H2,1H3. The maximum Gasteiger partial charge on any atom is 0.222 e. The van der Waals surface area contributed by atoms with Gasteiger partial charge in [-0.15, -0.1) is 0 Å². The van der Waals surface area contributed by atoms with Gasteiger partial charge in [0, 0.05) is 19.5 Å². The van der Waals surface area contributed by atoms with Gasteiger partial charge in [-0.2, -0.15) is 0 Å². The molecule has 2 aliphatic heterocycles. The van der Waals surface area contributed by atoms with Crippen molar-refractivity contribution < 1.29 is 9.53 Å². The fourth-order valence-corrected chi connectivity index (χ4v) is 2.44. The molecular weight excluding hydrogens is 202 g/mol. The van der Waals surface area contributed by atoms with E-state index in [1.165, 1.54) is 5.57 Å². The molecule has 16 heavy (non-hydrogen) atoms. The fourth-order valence-electron chi connectivity index (χ4n) is 2.44. The number of nitrogens with zero attached hydrogens (tertiary/aromatic N) is 1. The molecule has 1 amide bonds. The maximum absolute atomic E-state index is 11.4. The Morgan fingerprint density at radius 2 is 2.31 bits per heavy atom. The van der Waals surface area contributed by atoms with Gasteiger partial charge in [0.1, 0.15) is 0 Å². The lowest BCUT2D eigenvalue weighted by atomic mass is 9.90. The van der Waals surface area contributed by atoms with Crippen LogP contribution in [0.5, 0.6) is 0 Å². The molecule has 3 nitrogen and oxygen atoms in total. The number of hydrogen-bond acceptors (Lipinski definition) is 2. The van der Waals surface area contributed by atoms with Crippen LogP contribution in [0.3, 0.4) is 0 Å². The Labute approximate surface area is 97.5 Å². The third kappa shape index (κ3) is 2.85. The average molecular weight is 223 g/mol. The van der Waals surface area contributed by atoms with E-state index in [-0.39, 0.29) is 0 Å². The second kappa shape index (κ2) is 5.48. The molecule has 1 saturated heterocycles. The summed E-state index contributed by atoms with van der Waals surface area (Å²) in [4.78, 5) is 13.3. The van der Waals surface area contributed by atoms with Crippen LogP contribution in [0, 0.1) is 5.92 Å². The molecule has 90 valence electrons. The smallest absolute Gasteiger partial charge is 0.222 e. The molecule has 3 heteroatoms. The first-order chi connectivity index (χ1) is 7.79. The fraction of sp³-hybridized carbons (Fsp3) is 0.769. The van der Waals surface area contributed by atoms with Crippen molar-refractivity contribution in [3.8, 4) is 0 Å². The normalized spacial score (nSPS) is 22.3. The van der Waals surface area contributed by atoms with E-state index >= 15 is 0 Å². The number of hydrogen-bond donors (Lipinski definition) is 0. The number of carbonyl (C=O) groups excluding carboxylic acids is 1. The minimum Gasteiger partial charge on any atom is -0.381 e. The summed E-state index contributed by atoms with van der Waals surface area (Å²) < 4.78 is 5.42. The Bertz CT molecular complexity index is 280. The van der Waals surface area contributed by atoms with Crippen LogP contribution in [0.2, 0.25) is 0 Å². The minimum atomic E-state index is 0.300. The molecule has 2 rings (SSSR count). The summed E-state index contributed by atoms with van der Waals surface area (Å²) in [7, 11) is 0. The molecule has 0 unspecified atom stereocenters. The summed E-state index contributed by atoms with van der Waals surface area (Å²) in [6.07, 6.45) is 6.27. The lowest BCUT2D eigenvalue weighted by Crippen LogP contribution is -2.49. The topological polar surface area (TPSA) is 29.5 Å². The zero-order valence-electron chi connectivity index (χ0n) is 10.1. The van der Waals surface area contributed by atoms with E-state index in [1.807, 2.05) is 11.8 Å². The molecule has 0 aromatic carbocycles. The molecule has 0 atom stereocenters. The van der Waals surface area contributed by atoms with E-state index in [1.54, 1.807) is 0 Å². The van der Waals surface area contributed by atoms with Crippen LogP contribution in [0.15, 0.2) is 11.6 Å². The van der Waals surface area contributed by atoms with Crippen molar-refractivity contribution in [1.82, 2.24) is 4.90 Å². The predicted molar refractivity (Wildman–Crippen MR) is 63.1 cm³/mol. The minimum absolute atomic E-state index is 0.300. The molecule has 0 aromatic rings. The highest BCUT2D eigenvalue weighted by Crippen LogP contribution is 2.26. The lowest BCUT2D eigenvalue weighted by molar-refractivity contribution is -0.137. The Morgan fingerprint density at radius 3 is 3.06 bits per heavy atom. The van der Waals surface area contributed by atoms with Crippen LogP contribution in [0.1, 0.15) is 32.6 Å². The lowest BCUT2D eigenvalue weighted by Gasteiger charge is -2.39. The van der Waals surface area contributed by atoms with E-state index in [9.17, 15) is 4.79 Å². The van der Waals surface area contributed by atoms with Crippen molar-refractivity contribution in [1.29, 1.82) is 0 Å².